The third-order valence-electron chi connectivity index (χ3n) is 8.08. The molecule has 0 spiro atoms. The zero-order valence-electron chi connectivity index (χ0n) is 18.8. The number of alkyl halides is 2. The Balaban J connectivity index is 1.34. The van der Waals surface area contributed by atoms with Crippen molar-refractivity contribution >= 4 is 24.0 Å². The highest BCUT2D eigenvalue weighted by atomic mass is 32.2. The average Bonchev–Trinajstić information content (AvgIpc) is 2.79. The van der Waals surface area contributed by atoms with Gasteiger partial charge in [0.2, 0.25) is 0 Å². The Kier molecular flexibility index (Phi) is 7.55. The van der Waals surface area contributed by atoms with E-state index >= 15 is 0 Å². The van der Waals surface area contributed by atoms with Gasteiger partial charge in [0, 0.05) is 17.9 Å². The molecule has 0 aliphatic heterocycles. The quantitative estimate of drug-likeness (QED) is 0.203. The van der Waals surface area contributed by atoms with E-state index in [-0.39, 0.29) is 35.4 Å². The molecule has 5 rings (SSSR count). The summed E-state index contributed by atoms with van der Waals surface area (Å²) in [5.74, 6) is -1.13. The van der Waals surface area contributed by atoms with Crippen LogP contribution in [0, 0.1) is 28.6 Å². The van der Waals surface area contributed by atoms with Gasteiger partial charge in [-0.1, -0.05) is 5.04 Å². The second kappa shape index (κ2) is 9.93. The Bertz CT molecular complexity index is 713. The minimum atomic E-state index is -4.00. The lowest BCUT2D eigenvalue weighted by Crippen LogP contribution is -2.55. The maximum atomic E-state index is 13.8. The fourth-order valence-electron chi connectivity index (χ4n) is 7.26. The first-order valence-corrected chi connectivity index (χ1v) is 12.3. The van der Waals surface area contributed by atoms with Crippen molar-refractivity contribution in [2.24, 2.45) is 28.6 Å². The molecule has 0 heterocycles. The van der Waals surface area contributed by atoms with Gasteiger partial charge in [-0.3, -0.25) is 4.79 Å². The summed E-state index contributed by atoms with van der Waals surface area (Å²) in [5.41, 5.74) is -0.557. The van der Waals surface area contributed by atoms with Gasteiger partial charge < -0.3 is 14.2 Å². The van der Waals surface area contributed by atoms with Gasteiger partial charge >= 0.3 is 17.2 Å². The Morgan fingerprint density at radius 1 is 1.00 bits per heavy atom. The first-order valence-electron chi connectivity index (χ1n) is 11.6. The van der Waals surface area contributed by atoms with Crippen molar-refractivity contribution in [2.45, 2.75) is 75.6 Å². The summed E-state index contributed by atoms with van der Waals surface area (Å²) in [6, 6.07) is 0. The van der Waals surface area contributed by atoms with Crippen LogP contribution in [0.1, 0.15) is 64.2 Å². The summed E-state index contributed by atoms with van der Waals surface area (Å²) < 4.78 is 47.5. The molecule has 33 heavy (non-hydrogen) atoms. The molecule has 0 aromatic rings. The van der Waals surface area contributed by atoms with Crippen LogP contribution in [0.4, 0.5) is 8.78 Å². The van der Waals surface area contributed by atoms with Gasteiger partial charge in [0.15, 0.2) is 0 Å². The van der Waals surface area contributed by atoms with Crippen molar-refractivity contribution in [2.75, 3.05) is 20.3 Å². The third-order valence-corrected chi connectivity index (χ3v) is 8.59. The molecule has 0 radical (unpaired) electrons. The number of carbonyl (C=O) groups excluding carboxylic acids is 2. The van der Waals surface area contributed by atoms with Crippen LogP contribution >= 0.6 is 12.0 Å². The lowest BCUT2D eigenvalue weighted by Gasteiger charge is -2.61. The number of methoxy groups -OCH3 is 1. The molecule has 2 unspecified atom stereocenters. The van der Waals surface area contributed by atoms with Crippen molar-refractivity contribution in [1.29, 1.82) is 0 Å². The summed E-state index contributed by atoms with van der Waals surface area (Å²) >= 11 is -0.616. The van der Waals surface area contributed by atoms with Crippen molar-refractivity contribution in [3.63, 3.8) is 0 Å². The second-order valence-corrected chi connectivity index (χ2v) is 11.4. The van der Waals surface area contributed by atoms with E-state index in [1.165, 1.54) is 0 Å². The number of rotatable bonds is 10. The minimum Gasteiger partial charge on any atom is -0.465 e. The predicted molar refractivity (Wildman–Crippen MR) is 112 cm³/mol. The lowest BCUT2D eigenvalue weighted by atomic mass is 9.44. The number of carbonyl (C=O) groups is 2. The minimum absolute atomic E-state index is 0.0925. The molecule has 5 saturated carbocycles. The van der Waals surface area contributed by atoms with Gasteiger partial charge in [-0.05, 0) is 76.0 Å². The average molecular weight is 495 g/mol. The zero-order chi connectivity index (χ0) is 23.7. The number of halogens is 2. The lowest BCUT2D eigenvalue weighted by molar-refractivity contribution is -0.433. The van der Waals surface area contributed by atoms with Gasteiger partial charge in [0.25, 0.3) is 0 Å². The smallest absolute Gasteiger partial charge is 0.415 e. The normalized spacial score (nSPS) is 37.7. The van der Waals surface area contributed by atoms with Gasteiger partial charge in [0.05, 0.1) is 25.2 Å². The number of ether oxygens (including phenoxy) is 3. The summed E-state index contributed by atoms with van der Waals surface area (Å²) in [5, 5.41) is 7.20. The topological polar surface area (TPSA) is 101 Å². The van der Waals surface area contributed by atoms with Crippen LogP contribution in [-0.4, -0.2) is 48.9 Å². The van der Waals surface area contributed by atoms with Crippen LogP contribution in [0.15, 0.2) is 0 Å². The van der Waals surface area contributed by atoms with E-state index < -0.39 is 23.3 Å². The molecule has 4 bridgehead atoms. The molecule has 5 aliphatic rings. The zero-order valence-corrected chi connectivity index (χ0v) is 19.6. The first-order chi connectivity index (χ1) is 15.7. The van der Waals surface area contributed by atoms with E-state index in [9.17, 15) is 18.4 Å². The van der Waals surface area contributed by atoms with Crippen molar-refractivity contribution in [3.05, 3.63) is 0 Å². The van der Waals surface area contributed by atoms with E-state index in [1.807, 2.05) is 0 Å². The van der Waals surface area contributed by atoms with E-state index in [4.69, 9.17) is 19.5 Å². The monoisotopic (exact) mass is 494 g/mol. The standard InChI is InChI=1S/C22H32F2O8S/c1-28-17-4-2-16(3-5-17)18(25)29-12-20-7-14-6-15(8-20)10-21(9-14,11-20)13-30-19(26)22(23,24)33-32-31-27/h14-17,27H,2-13H2,1H3. The van der Waals surface area contributed by atoms with Crippen LogP contribution in [0.5, 0.6) is 0 Å². The Morgan fingerprint density at radius 3 is 2.12 bits per heavy atom. The van der Waals surface area contributed by atoms with Gasteiger partial charge in [0.1, 0.15) is 12.0 Å². The number of hydrogen-bond donors (Lipinski definition) is 1. The van der Waals surface area contributed by atoms with Crippen LogP contribution in [0.2, 0.25) is 0 Å². The van der Waals surface area contributed by atoms with Gasteiger partial charge in [-0.2, -0.15) is 8.78 Å². The molecule has 0 aromatic heterocycles. The van der Waals surface area contributed by atoms with E-state index in [0.717, 1.165) is 57.8 Å². The van der Waals surface area contributed by atoms with Crippen molar-refractivity contribution in [1.82, 2.24) is 0 Å². The third kappa shape index (κ3) is 5.63. The summed E-state index contributed by atoms with van der Waals surface area (Å²) in [7, 11) is 1.70. The van der Waals surface area contributed by atoms with Crippen LogP contribution in [-0.2, 0) is 33.2 Å². The molecular formula is C22H32F2O8S. The molecule has 0 saturated heterocycles. The molecule has 0 aromatic carbocycles. The SMILES string of the molecule is COC1CCC(C(=O)OCC23CC4CC(C2)CC(COC(=O)C(F)(F)SOOO)(C4)C3)CC1. The highest BCUT2D eigenvalue weighted by Crippen LogP contribution is 2.65. The number of hydrogen-bond acceptors (Lipinski definition) is 9. The molecule has 8 nitrogen and oxygen atoms in total. The highest BCUT2D eigenvalue weighted by Gasteiger charge is 2.59. The Labute approximate surface area is 196 Å². The maximum absolute atomic E-state index is 13.8. The molecule has 5 aliphatic carbocycles. The van der Waals surface area contributed by atoms with E-state index in [2.05, 4.69) is 9.37 Å². The largest absolute Gasteiger partial charge is 0.465 e. The Hall–Kier alpha value is -1.01. The van der Waals surface area contributed by atoms with Crippen LogP contribution in [0.3, 0.4) is 0 Å². The predicted octanol–water partition coefficient (Wildman–Crippen LogP) is 4.53. The van der Waals surface area contributed by atoms with Crippen LogP contribution in [0.25, 0.3) is 0 Å². The molecule has 11 heteroatoms. The van der Waals surface area contributed by atoms with E-state index in [1.54, 1.807) is 7.11 Å². The van der Waals surface area contributed by atoms with E-state index in [0.29, 0.717) is 24.9 Å². The molecular weight excluding hydrogens is 462 g/mol. The number of esters is 2. The van der Waals surface area contributed by atoms with Gasteiger partial charge in [-0.15, -0.1) is 4.33 Å². The summed E-state index contributed by atoms with van der Waals surface area (Å²) in [4.78, 5) is 24.6. The molecule has 5 fully saturated rings. The molecule has 2 atom stereocenters. The fourth-order valence-corrected chi connectivity index (χ4v) is 7.50. The van der Waals surface area contributed by atoms with Crippen molar-refractivity contribution < 1.29 is 47.2 Å². The second-order valence-electron chi connectivity index (χ2n) is 10.6. The van der Waals surface area contributed by atoms with Gasteiger partial charge in [-0.25, -0.2) is 10.1 Å². The molecule has 188 valence electrons. The maximum Gasteiger partial charge on any atom is 0.415 e. The first kappa shape index (κ1) is 25.1. The summed E-state index contributed by atoms with van der Waals surface area (Å²) in [6.45, 7) is 0.234. The van der Waals surface area contributed by atoms with Crippen LogP contribution < -0.4 is 0 Å². The highest BCUT2D eigenvalue weighted by molar-refractivity contribution is 7.96. The molecule has 0 amide bonds. The fraction of sp³-hybridized carbons (Fsp3) is 0.909. The molecule has 1 N–H and O–H groups in total. The summed E-state index contributed by atoms with van der Waals surface area (Å²) in [6.07, 6.45) is 8.81. The Morgan fingerprint density at radius 2 is 1.58 bits per heavy atom. The van der Waals surface area contributed by atoms with Crippen molar-refractivity contribution in [3.8, 4) is 0 Å².